The standard InChI is InChI=1S/C6H9NO2/c1-3-6(8)5(7)4-9-2/h1,5H,4,7H2,2H3. The fraction of sp³-hybridized carbons (Fsp3) is 0.500. The van der Waals surface area contributed by atoms with Crippen LogP contribution in [0.1, 0.15) is 0 Å². The maximum Gasteiger partial charge on any atom is 0.224 e. The van der Waals surface area contributed by atoms with Gasteiger partial charge in [-0.1, -0.05) is 0 Å². The van der Waals surface area contributed by atoms with E-state index in [1.165, 1.54) is 7.11 Å². The molecule has 0 fully saturated rings. The Bertz CT molecular complexity index is 136. The zero-order valence-corrected chi connectivity index (χ0v) is 5.26. The summed E-state index contributed by atoms with van der Waals surface area (Å²) in [5.41, 5.74) is 5.22. The lowest BCUT2D eigenvalue weighted by Gasteiger charge is -2.02. The molecule has 0 bridgehead atoms. The van der Waals surface area contributed by atoms with Gasteiger partial charge in [-0.3, -0.25) is 4.79 Å². The molecule has 0 aromatic rings. The fourth-order valence-corrected chi connectivity index (χ4v) is 0.362. The fourth-order valence-electron chi connectivity index (χ4n) is 0.362. The van der Waals surface area contributed by atoms with E-state index in [-0.39, 0.29) is 6.61 Å². The molecule has 0 amide bonds. The molecule has 3 nitrogen and oxygen atoms in total. The molecule has 0 rings (SSSR count). The molecule has 2 N–H and O–H groups in total. The molecule has 0 spiro atoms. The Kier molecular flexibility index (Phi) is 3.69. The summed E-state index contributed by atoms with van der Waals surface area (Å²) < 4.78 is 4.59. The molecule has 0 saturated heterocycles. The Balaban J connectivity index is 3.62. The van der Waals surface area contributed by atoms with Crippen LogP contribution in [-0.4, -0.2) is 25.5 Å². The van der Waals surface area contributed by atoms with E-state index in [1.54, 1.807) is 0 Å². The molecule has 1 atom stereocenters. The second-order valence-electron chi connectivity index (χ2n) is 1.57. The van der Waals surface area contributed by atoms with E-state index < -0.39 is 11.8 Å². The summed E-state index contributed by atoms with van der Waals surface area (Å²) in [6.07, 6.45) is 4.77. The van der Waals surface area contributed by atoms with E-state index in [2.05, 4.69) is 4.74 Å². The van der Waals surface area contributed by atoms with Crippen LogP contribution in [0.4, 0.5) is 0 Å². The first-order valence-corrected chi connectivity index (χ1v) is 2.47. The van der Waals surface area contributed by atoms with Crippen molar-refractivity contribution in [1.29, 1.82) is 0 Å². The zero-order valence-electron chi connectivity index (χ0n) is 5.26. The van der Waals surface area contributed by atoms with Crippen LogP contribution in [0.3, 0.4) is 0 Å². The van der Waals surface area contributed by atoms with Crippen molar-refractivity contribution < 1.29 is 9.53 Å². The second-order valence-corrected chi connectivity index (χ2v) is 1.57. The molecule has 0 aliphatic heterocycles. The Morgan fingerprint density at radius 3 is 2.89 bits per heavy atom. The zero-order chi connectivity index (χ0) is 7.28. The number of hydrogen-bond donors (Lipinski definition) is 1. The Morgan fingerprint density at radius 1 is 2.00 bits per heavy atom. The van der Waals surface area contributed by atoms with Gasteiger partial charge in [-0.25, -0.2) is 0 Å². The predicted octanol–water partition coefficient (Wildman–Crippen LogP) is -0.838. The van der Waals surface area contributed by atoms with Crippen LogP contribution in [0.15, 0.2) is 0 Å². The van der Waals surface area contributed by atoms with E-state index in [4.69, 9.17) is 12.2 Å². The average molecular weight is 127 g/mol. The van der Waals surface area contributed by atoms with Crippen molar-refractivity contribution in [2.75, 3.05) is 13.7 Å². The number of ketones is 1. The van der Waals surface area contributed by atoms with Gasteiger partial charge in [0.15, 0.2) is 0 Å². The summed E-state index contributed by atoms with van der Waals surface area (Å²) in [7, 11) is 1.46. The van der Waals surface area contributed by atoms with E-state index >= 15 is 0 Å². The minimum absolute atomic E-state index is 0.184. The molecule has 0 radical (unpaired) electrons. The van der Waals surface area contributed by atoms with Crippen LogP contribution in [0.2, 0.25) is 0 Å². The highest BCUT2D eigenvalue weighted by atomic mass is 16.5. The number of Topliss-reactive ketones (excluding diaryl/α,β-unsaturated/α-hetero) is 1. The molecule has 1 unspecified atom stereocenters. The van der Waals surface area contributed by atoms with Gasteiger partial charge in [-0.15, -0.1) is 6.42 Å². The number of hydrogen-bond acceptors (Lipinski definition) is 3. The first kappa shape index (κ1) is 8.15. The van der Waals surface area contributed by atoms with E-state index in [0.29, 0.717) is 0 Å². The van der Waals surface area contributed by atoms with Crippen molar-refractivity contribution in [3.05, 3.63) is 0 Å². The third-order valence-electron chi connectivity index (χ3n) is 0.825. The van der Waals surface area contributed by atoms with Crippen molar-refractivity contribution >= 4 is 5.78 Å². The summed E-state index contributed by atoms with van der Waals surface area (Å²) in [6, 6.07) is -0.667. The first-order valence-electron chi connectivity index (χ1n) is 2.47. The topological polar surface area (TPSA) is 52.3 Å². The summed E-state index contributed by atoms with van der Waals surface area (Å²) in [5.74, 6) is 1.49. The van der Waals surface area contributed by atoms with Crippen molar-refractivity contribution in [2.45, 2.75) is 6.04 Å². The lowest BCUT2D eigenvalue weighted by Crippen LogP contribution is -2.33. The van der Waals surface area contributed by atoms with Crippen LogP contribution in [0.5, 0.6) is 0 Å². The summed E-state index contributed by atoms with van der Waals surface area (Å²) in [5, 5.41) is 0. The Hall–Kier alpha value is -0.850. The lowest BCUT2D eigenvalue weighted by molar-refractivity contribution is -0.115. The molecular weight excluding hydrogens is 118 g/mol. The molecule has 0 aliphatic rings. The summed E-state index contributed by atoms with van der Waals surface area (Å²) >= 11 is 0. The first-order chi connectivity index (χ1) is 4.22. The minimum Gasteiger partial charge on any atom is -0.383 e. The van der Waals surface area contributed by atoms with Crippen molar-refractivity contribution in [2.24, 2.45) is 5.73 Å². The van der Waals surface area contributed by atoms with Crippen molar-refractivity contribution in [3.63, 3.8) is 0 Å². The van der Waals surface area contributed by atoms with Crippen LogP contribution in [0.25, 0.3) is 0 Å². The molecule has 3 heteroatoms. The van der Waals surface area contributed by atoms with Gasteiger partial charge in [-0.05, 0) is 5.92 Å². The van der Waals surface area contributed by atoms with E-state index in [1.807, 2.05) is 5.92 Å². The largest absolute Gasteiger partial charge is 0.383 e. The highest BCUT2D eigenvalue weighted by Crippen LogP contribution is 1.79. The van der Waals surface area contributed by atoms with Crippen LogP contribution >= 0.6 is 0 Å². The van der Waals surface area contributed by atoms with Gasteiger partial charge in [-0.2, -0.15) is 0 Å². The third kappa shape index (κ3) is 2.85. The van der Waals surface area contributed by atoms with Gasteiger partial charge < -0.3 is 10.5 Å². The van der Waals surface area contributed by atoms with Gasteiger partial charge in [0, 0.05) is 7.11 Å². The number of rotatable bonds is 3. The maximum atomic E-state index is 10.5. The predicted molar refractivity (Wildman–Crippen MR) is 33.7 cm³/mol. The van der Waals surface area contributed by atoms with Gasteiger partial charge in [0.1, 0.15) is 0 Å². The third-order valence-corrected chi connectivity index (χ3v) is 0.825. The van der Waals surface area contributed by atoms with E-state index in [0.717, 1.165) is 0 Å². The molecule has 0 aliphatic carbocycles. The number of ether oxygens (including phenoxy) is 1. The highest BCUT2D eigenvalue weighted by molar-refractivity contribution is 5.99. The van der Waals surface area contributed by atoms with Crippen LogP contribution in [-0.2, 0) is 9.53 Å². The lowest BCUT2D eigenvalue weighted by atomic mass is 10.2. The number of terminal acetylenes is 1. The number of carbonyl (C=O) groups excluding carboxylic acids is 1. The Labute approximate surface area is 54.2 Å². The van der Waals surface area contributed by atoms with Crippen molar-refractivity contribution in [1.82, 2.24) is 0 Å². The molecule has 0 aromatic heterocycles. The quantitative estimate of drug-likeness (QED) is 0.397. The van der Waals surface area contributed by atoms with Gasteiger partial charge in [0.25, 0.3) is 0 Å². The minimum atomic E-state index is -0.667. The van der Waals surface area contributed by atoms with Gasteiger partial charge >= 0.3 is 0 Å². The molecule has 9 heavy (non-hydrogen) atoms. The van der Waals surface area contributed by atoms with Gasteiger partial charge in [0.05, 0.1) is 12.6 Å². The van der Waals surface area contributed by atoms with Crippen molar-refractivity contribution in [3.8, 4) is 12.3 Å². The number of nitrogens with two attached hydrogens (primary N) is 1. The normalized spacial score (nSPS) is 12.1. The maximum absolute atomic E-state index is 10.5. The smallest absolute Gasteiger partial charge is 0.224 e. The molecular formula is C6H9NO2. The molecule has 50 valence electrons. The number of methoxy groups -OCH3 is 1. The number of carbonyl (C=O) groups is 1. The monoisotopic (exact) mass is 127 g/mol. The Morgan fingerprint density at radius 2 is 2.56 bits per heavy atom. The molecule has 0 heterocycles. The SMILES string of the molecule is C#CC(=O)C(N)COC. The summed E-state index contributed by atoms with van der Waals surface area (Å²) in [4.78, 5) is 10.5. The van der Waals surface area contributed by atoms with Crippen LogP contribution in [0, 0.1) is 12.3 Å². The molecule has 0 saturated carbocycles. The molecule has 0 aromatic carbocycles. The van der Waals surface area contributed by atoms with Gasteiger partial charge in [0.2, 0.25) is 5.78 Å². The summed E-state index contributed by atoms with van der Waals surface area (Å²) in [6.45, 7) is 0.184. The van der Waals surface area contributed by atoms with Crippen LogP contribution < -0.4 is 5.73 Å². The van der Waals surface area contributed by atoms with E-state index in [9.17, 15) is 4.79 Å². The highest BCUT2D eigenvalue weighted by Gasteiger charge is 2.08. The second kappa shape index (κ2) is 4.07. The average Bonchev–Trinajstić information content (AvgIpc) is 1.87.